The topological polar surface area (TPSA) is 6.48 Å². The minimum Gasteiger partial charge on any atom is -0.347 e. The molecule has 7 aromatic carbocycles. The summed E-state index contributed by atoms with van der Waals surface area (Å²) in [5.74, 6) is 0. The zero-order valence-corrected chi connectivity index (χ0v) is 34.9. The Morgan fingerprint density at radius 1 is 0.607 bits per heavy atom. The van der Waals surface area contributed by atoms with Crippen molar-refractivity contribution in [2.45, 2.75) is 78.5 Å². The molecular formula is C50H45B3N2S. The predicted molar refractivity (Wildman–Crippen MR) is 247 cm³/mol. The van der Waals surface area contributed by atoms with Gasteiger partial charge in [-0.15, -0.1) is 12.6 Å². The summed E-state index contributed by atoms with van der Waals surface area (Å²) in [5, 5.41) is 6.20. The van der Waals surface area contributed by atoms with E-state index < -0.39 is 0 Å². The summed E-state index contributed by atoms with van der Waals surface area (Å²) < 4.78 is 0. The van der Waals surface area contributed by atoms with Gasteiger partial charge in [-0.25, -0.2) is 0 Å². The van der Waals surface area contributed by atoms with E-state index in [2.05, 4.69) is 144 Å². The summed E-state index contributed by atoms with van der Waals surface area (Å²) in [6, 6.07) is 29.4. The third-order valence-corrected chi connectivity index (χ3v) is 14.2. The second-order valence-corrected chi connectivity index (χ2v) is 17.2. The number of aryl methyl sites for hydroxylation is 1. The Morgan fingerprint density at radius 2 is 1.30 bits per heavy atom. The number of anilines is 4. The standard InChI is InChI=1S/C50H45B3N2S/c1-25-26(2)44(51)30(6)47(28(25)4)54(9)40-22-16-31-15-20-37-41(23-17-32-14-19-36(40)42(31)43(32)37)55(48-46(53)45(52)27(3)29(5)49(48)56)33-18-21-35-34-12-10-11-13-38(34)50(7,8)39(35)24-33/h10-15,17-21,23-24,56H,16,22H2,1-9H3. The van der Waals surface area contributed by atoms with E-state index in [9.17, 15) is 0 Å². The summed E-state index contributed by atoms with van der Waals surface area (Å²) >= 11 is 5.21. The lowest BCUT2D eigenvalue weighted by Gasteiger charge is -2.34. The molecule has 0 unspecified atom stereocenters. The highest BCUT2D eigenvalue weighted by atomic mass is 32.1. The Balaban J connectivity index is 1.34. The first-order valence-corrected chi connectivity index (χ1v) is 20.1. The second kappa shape index (κ2) is 12.9. The Kier molecular flexibility index (Phi) is 8.46. The maximum Gasteiger partial charge on any atom is 0.115 e. The molecule has 270 valence electrons. The molecular weight excluding hydrogens is 693 g/mol. The van der Waals surface area contributed by atoms with E-state index in [-0.39, 0.29) is 5.41 Å². The van der Waals surface area contributed by atoms with Crippen molar-refractivity contribution in [1.82, 2.24) is 0 Å². The molecule has 0 spiro atoms. The highest BCUT2D eigenvalue weighted by Gasteiger charge is 2.36. The smallest absolute Gasteiger partial charge is 0.115 e. The summed E-state index contributed by atoms with van der Waals surface area (Å²) in [6.07, 6.45) is 1.90. The number of hydrogen-bond donors (Lipinski definition) is 1. The molecule has 0 saturated heterocycles. The molecule has 2 aliphatic rings. The van der Waals surface area contributed by atoms with Crippen molar-refractivity contribution in [2.75, 3.05) is 16.8 Å². The molecule has 9 rings (SSSR count). The van der Waals surface area contributed by atoms with Crippen molar-refractivity contribution in [1.29, 1.82) is 0 Å². The van der Waals surface area contributed by atoms with Gasteiger partial charge in [0, 0.05) is 45.0 Å². The first-order valence-electron chi connectivity index (χ1n) is 19.7. The Morgan fingerprint density at radius 3 is 2.07 bits per heavy atom. The van der Waals surface area contributed by atoms with Crippen LogP contribution in [0.1, 0.15) is 70.3 Å². The maximum absolute atomic E-state index is 7.09. The van der Waals surface area contributed by atoms with Gasteiger partial charge in [0.1, 0.15) is 23.5 Å². The maximum atomic E-state index is 7.09. The van der Waals surface area contributed by atoms with Crippen LogP contribution in [0.2, 0.25) is 0 Å². The zero-order valence-electron chi connectivity index (χ0n) is 34.0. The van der Waals surface area contributed by atoms with Crippen molar-refractivity contribution in [3.8, 4) is 11.1 Å². The molecule has 0 amide bonds. The first-order chi connectivity index (χ1) is 26.6. The number of benzene rings is 7. The van der Waals surface area contributed by atoms with Gasteiger partial charge < -0.3 is 9.80 Å². The molecule has 0 aliphatic heterocycles. The molecule has 0 aromatic heterocycles. The van der Waals surface area contributed by atoms with Gasteiger partial charge in [0.15, 0.2) is 0 Å². The predicted octanol–water partition coefficient (Wildman–Crippen LogP) is 9.20. The Labute approximate surface area is 341 Å². The highest BCUT2D eigenvalue weighted by molar-refractivity contribution is 7.80. The van der Waals surface area contributed by atoms with Crippen LogP contribution in [0.25, 0.3) is 38.4 Å². The Bertz CT molecular complexity index is 2870. The van der Waals surface area contributed by atoms with Crippen LogP contribution in [0, 0.1) is 41.5 Å². The van der Waals surface area contributed by atoms with Gasteiger partial charge in [-0.05, 0) is 139 Å². The first kappa shape index (κ1) is 36.8. The second-order valence-electron chi connectivity index (χ2n) is 16.7. The minimum atomic E-state index is -0.179. The Hall–Kier alpha value is -4.80. The molecule has 0 N–H and O–H groups in total. The van der Waals surface area contributed by atoms with E-state index in [1.807, 2.05) is 6.92 Å². The number of rotatable bonds is 5. The molecule has 0 saturated carbocycles. The van der Waals surface area contributed by atoms with Crippen LogP contribution in [0.3, 0.4) is 0 Å². The van der Waals surface area contributed by atoms with E-state index in [4.69, 9.17) is 36.2 Å². The number of fused-ring (bicyclic) bond motifs is 3. The largest absolute Gasteiger partial charge is 0.347 e. The fourth-order valence-electron chi connectivity index (χ4n) is 10.0. The van der Waals surface area contributed by atoms with E-state index in [1.165, 1.54) is 77.3 Å². The van der Waals surface area contributed by atoms with Crippen LogP contribution in [0.4, 0.5) is 22.7 Å². The highest BCUT2D eigenvalue weighted by Crippen LogP contribution is 2.52. The van der Waals surface area contributed by atoms with Crippen molar-refractivity contribution in [3.63, 3.8) is 0 Å². The van der Waals surface area contributed by atoms with Crippen LogP contribution >= 0.6 is 12.6 Å². The summed E-state index contributed by atoms with van der Waals surface area (Å²) in [6.45, 7) is 17.5. The summed E-state index contributed by atoms with van der Waals surface area (Å²) in [7, 11) is 22.8. The van der Waals surface area contributed by atoms with Gasteiger partial charge in [-0.1, -0.05) is 102 Å². The molecule has 2 nitrogen and oxygen atoms in total. The molecule has 0 fully saturated rings. The average molecular weight is 738 g/mol. The molecule has 2 aliphatic carbocycles. The van der Waals surface area contributed by atoms with Crippen LogP contribution in [0.5, 0.6) is 0 Å². The molecule has 6 radical (unpaired) electrons. The fraction of sp³-hybridized carbons (Fsp3) is 0.240. The van der Waals surface area contributed by atoms with E-state index in [0.717, 1.165) is 62.3 Å². The zero-order chi connectivity index (χ0) is 39.7. The van der Waals surface area contributed by atoms with Gasteiger partial charge in [-0.2, -0.15) is 0 Å². The van der Waals surface area contributed by atoms with Crippen LogP contribution < -0.4 is 31.4 Å². The fourth-order valence-corrected chi connectivity index (χ4v) is 10.4. The third-order valence-electron chi connectivity index (χ3n) is 13.7. The van der Waals surface area contributed by atoms with Crippen LogP contribution in [-0.4, -0.2) is 30.6 Å². The lowest BCUT2D eigenvalue weighted by molar-refractivity contribution is 0.660. The van der Waals surface area contributed by atoms with Gasteiger partial charge in [0.2, 0.25) is 0 Å². The molecule has 7 aromatic rings. The normalized spacial score (nSPS) is 14.1. The third kappa shape index (κ3) is 5.00. The SMILES string of the molecule is [B]c1c([B])c(N(c2ccc3c(c2)C(C)(C)c2ccccc2-3)c2ccc3ccc4c5c(ccc2c35)CCC=4N(C)c2c(C)c([B])c(C)c(C)c2C)c(S)c(C)c1C. The lowest BCUT2D eigenvalue weighted by atomic mass is 9.75. The van der Waals surface area contributed by atoms with Crippen molar-refractivity contribution in [2.24, 2.45) is 0 Å². The number of hydrogen-bond acceptors (Lipinski definition) is 3. The van der Waals surface area contributed by atoms with Gasteiger partial charge >= 0.3 is 0 Å². The molecule has 56 heavy (non-hydrogen) atoms. The van der Waals surface area contributed by atoms with Gasteiger partial charge in [0.25, 0.3) is 0 Å². The van der Waals surface area contributed by atoms with Crippen molar-refractivity contribution < 1.29 is 0 Å². The number of thiol groups is 1. The number of nitrogens with zero attached hydrogens (tertiary/aromatic N) is 2. The van der Waals surface area contributed by atoms with Crippen LogP contribution in [0.15, 0.2) is 83.8 Å². The molecule has 0 bridgehead atoms. The molecule has 0 atom stereocenters. The summed E-state index contributed by atoms with van der Waals surface area (Å²) in [4.78, 5) is 5.54. The van der Waals surface area contributed by atoms with Crippen molar-refractivity contribution in [3.05, 3.63) is 134 Å². The summed E-state index contributed by atoms with van der Waals surface area (Å²) in [5.41, 5.74) is 20.6. The van der Waals surface area contributed by atoms with Gasteiger partial charge in [-0.3, -0.25) is 0 Å². The lowest BCUT2D eigenvalue weighted by Crippen LogP contribution is -2.34. The van der Waals surface area contributed by atoms with Crippen molar-refractivity contribution >= 4 is 103 Å². The minimum absolute atomic E-state index is 0.179. The average Bonchev–Trinajstić information content (AvgIpc) is 3.43. The van der Waals surface area contributed by atoms with E-state index >= 15 is 0 Å². The molecule has 6 heteroatoms. The monoisotopic (exact) mass is 738 g/mol. The molecule has 0 heterocycles. The van der Waals surface area contributed by atoms with E-state index in [0.29, 0.717) is 10.9 Å². The van der Waals surface area contributed by atoms with E-state index in [1.54, 1.807) is 0 Å². The quantitative estimate of drug-likeness (QED) is 0.139. The van der Waals surface area contributed by atoms with Gasteiger partial charge in [0.05, 0.1) is 11.4 Å². The van der Waals surface area contributed by atoms with Crippen LogP contribution in [-0.2, 0) is 11.8 Å².